The van der Waals surface area contributed by atoms with Crippen molar-refractivity contribution in [2.75, 3.05) is 13.1 Å². The molecule has 2 fully saturated rings. The van der Waals surface area contributed by atoms with Crippen LogP contribution in [0.1, 0.15) is 45.4 Å². The maximum Gasteiger partial charge on any atom is 0.0595 e. The number of nitrogens with one attached hydrogen (secondary N) is 1. The van der Waals surface area contributed by atoms with Crippen molar-refractivity contribution in [1.82, 2.24) is 5.32 Å². The van der Waals surface area contributed by atoms with E-state index in [9.17, 15) is 5.11 Å². The normalized spacial score (nSPS) is 42.8. The molecule has 2 nitrogen and oxygen atoms in total. The van der Waals surface area contributed by atoms with Gasteiger partial charge in [-0.25, -0.2) is 0 Å². The minimum absolute atomic E-state index is 0.0329. The lowest BCUT2D eigenvalue weighted by atomic mass is 9.72. The van der Waals surface area contributed by atoms with Crippen LogP contribution in [0.15, 0.2) is 0 Å². The molecule has 0 radical (unpaired) electrons. The lowest BCUT2D eigenvalue weighted by Crippen LogP contribution is -2.44. The van der Waals surface area contributed by atoms with Crippen molar-refractivity contribution in [1.29, 1.82) is 0 Å². The first-order valence-corrected chi connectivity index (χ1v) is 6.70. The second-order valence-corrected chi connectivity index (χ2v) is 5.41. The highest BCUT2D eigenvalue weighted by Gasteiger charge is 2.32. The van der Waals surface area contributed by atoms with Crippen molar-refractivity contribution in [2.24, 2.45) is 17.8 Å². The Morgan fingerprint density at radius 2 is 1.87 bits per heavy atom. The van der Waals surface area contributed by atoms with Gasteiger partial charge in [0.2, 0.25) is 0 Å². The van der Waals surface area contributed by atoms with Gasteiger partial charge in [0.1, 0.15) is 0 Å². The van der Waals surface area contributed by atoms with Gasteiger partial charge in [-0.2, -0.15) is 0 Å². The van der Waals surface area contributed by atoms with Crippen LogP contribution >= 0.6 is 0 Å². The first kappa shape index (κ1) is 11.4. The third-order valence-electron chi connectivity index (χ3n) is 4.57. The van der Waals surface area contributed by atoms with Crippen molar-refractivity contribution in [2.45, 2.75) is 51.6 Å². The van der Waals surface area contributed by atoms with Gasteiger partial charge in [-0.15, -0.1) is 0 Å². The largest absolute Gasteiger partial charge is 0.393 e. The van der Waals surface area contributed by atoms with Gasteiger partial charge in [0.15, 0.2) is 0 Å². The predicted octanol–water partition coefficient (Wildman–Crippen LogP) is 2.17. The Labute approximate surface area is 93.5 Å². The predicted molar refractivity (Wildman–Crippen MR) is 62.7 cm³/mol. The summed E-state index contributed by atoms with van der Waals surface area (Å²) in [5, 5.41) is 13.4. The highest BCUT2D eigenvalue weighted by Crippen LogP contribution is 2.36. The Morgan fingerprint density at radius 1 is 1.13 bits per heavy atom. The molecular formula is C13H25NO. The van der Waals surface area contributed by atoms with Crippen LogP contribution < -0.4 is 5.32 Å². The first-order valence-electron chi connectivity index (χ1n) is 6.70. The van der Waals surface area contributed by atoms with Crippen LogP contribution in [0.25, 0.3) is 0 Å². The molecule has 1 saturated heterocycles. The van der Waals surface area contributed by atoms with Crippen LogP contribution in [0.5, 0.6) is 0 Å². The molecule has 1 heterocycles. The van der Waals surface area contributed by atoms with E-state index < -0.39 is 0 Å². The molecule has 2 N–H and O–H groups in total. The first-order chi connectivity index (χ1) is 7.31. The molecular weight excluding hydrogens is 186 g/mol. The summed E-state index contributed by atoms with van der Waals surface area (Å²) < 4.78 is 0. The van der Waals surface area contributed by atoms with Crippen molar-refractivity contribution in [3.8, 4) is 0 Å². The summed E-state index contributed by atoms with van der Waals surface area (Å²) in [6, 6.07) is 0. The Hall–Kier alpha value is -0.0800. The van der Waals surface area contributed by atoms with E-state index in [0.29, 0.717) is 5.92 Å². The lowest BCUT2D eigenvalue weighted by molar-refractivity contribution is 0.0294. The van der Waals surface area contributed by atoms with E-state index in [0.717, 1.165) is 31.3 Å². The van der Waals surface area contributed by atoms with Gasteiger partial charge in [0.05, 0.1) is 6.10 Å². The van der Waals surface area contributed by atoms with E-state index in [1.54, 1.807) is 0 Å². The molecule has 0 aromatic rings. The molecule has 1 aliphatic heterocycles. The van der Waals surface area contributed by atoms with Crippen molar-refractivity contribution in [3.05, 3.63) is 0 Å². The number of rotatable bonds is 2. The quantitative estimate of drug-likeness (QED) is 0.733. The summed E-state index contributed by atoms with van der Waals surface area (Å²) in [4.78, 5) is 0. The molecule has 0 amide bonds. The second-order valence-electron chi connectivity index (χ2n) is 5.41. The molecule has 2 rings (SSSR count). The molecule has 2 unspecified atom stereocenters. The number of aliphatic hydroxyl groups excluding tert-OH is 1. The zero-order valence-corrected chi connectivity index (χ0v) is 9.91. The minimum Gasteiger partial charge on any atom is -0.393 e. The van der Waals surface area contributed by atoms with Gasteiger partial charge < -0.3 is 10.4 Å². The van der Waals surface area contributed by atoms with Crippen LogP contribution in [0.4, 0.5) is 0 Å². The zero-order valence-electron chi connectivity index (χ0n) is 9.91. The summed E-state index contributed by atoms with van der Waals surface area (Å²) in [7, 11) is 0. The van der Waals surface area contributed by atoms with Crippen molar-refractivity contribution in [3.63, 3.8) is 0 Å². The standard InChI is InChI=1S/C13H25NO/c1-2-10-3-5-11(6-4-10)12-9-14-8-7-13(12)15/h10-15H,2-9H2,1H3. The van der Waals surface area contributed by atoms with Gasteiger partial charge in [0, 0.05) is 12.5 Å². The average Bonchev–Trinajstić information content (AvgIpc) is 2.30. The summed E-state index contributed by atoms with van der Waals surface area (Å²) >= 11 is 0. The molecule has 0 aromatic heterocycles. The van der Waals surface area contributed by atoms with Crippen LogP contribution in [0.2, 0.25) is 0 Å². The molecule has 0 bridgehead atoms. The maximum atomic E-state index is 10.0. The molecule has 0 spiro atoms. The summed E-state index contributed by atoms with van der Waals surface area (Å²) in [6.07, 6.45) is 7.75. The number of aliphatic hydroxyl groups is 1. The molecule has 15 heavy (non-hydrogen) atoms. The molecule has 88 valence electrons. The maximum absolute atomic E-state index is 10.0. The summed E-state index contributed by atoms with van der Waals surface area (Å²) in [5.74, 6) is 2.29. The van der Waals surface area contributed by atoms with E-state index >= 15 is 0 Å². The Bertz CT molecular complexity index is 187. The van der Waals surface area contributed by atoms with Gasteiger partial charge >= 0.3 is 0 Å². The number of hydrogen-bond donors (Lipinski definition) is 2. The molecule has 2 atom stereocenters. The van der Waals surface area contributed by atoms with Crippen LogP contribution in [0, 0.1) is 17.8 Å². The fourth-order valence-corrected chi connectivity index (χ4v) is 3.37. The smallest absolute Gasteiger partial charge is 0.0595 e. The molecule has 1 saturated carbocycles. The monoisotopic (exact) mass is 211 g/mol. The molecule has 2 aliphatic rings. The van der Waals surface area contributed by atoms with Crippen LogP contribution in [-0.4, -0.2) is 24.3 Å². The minimum atomic E-state index is -0.0329. The summed E-state index contributed by atoms with van der Waals surface area (Å²) in [5.41, 5.74) is 0. The Balaban J connectivity index is 1.83. The van der Waals surface area contributed by atoms with Crippen LogP contribution in [0.3, 0.4) is 0 Å². The van der Waals surface area contributed by atoms with Crippen molar-refractivity contribution >= 4 is 0 Å². The van der Waals surface area contributed by atoms with Gasteiger partial charge in [-0.1, -0.05) is 26.2 Å². The fraction of sp³-hybridized carbons (Fsp3) is 1.00. The second kappa shape index (κ2) is 5.31. The molecule has 1 aliphatic carbocycles. The van der Waals surface area contributed by atoms with E-state index in [2.05, 4.69) is 12.2 Å². The van der Waals surface area contributed by atoms with Gasteiger partial charge in [-0.05, 0) is 37.6 Å². The van der Waals surface area contributed by atoms with E-state index in [1.807, 2.05) is 0 Å². The van der Waals surface area contributed by atoms with E-state index in [1.165, 1.54) is 32.1 Å². The lowest BCUT2D eigenvalue weighted by Gasteiger charge is -2.38. The SMILES string of the molecule is CCC1CCC(C2CNCCC2O)CC1. The van der Waals surface area contributed by atoms with Gasteiger partial charge in [-0.3, -0.25) is 0 Å². The Kier molecular flexibility index (Phi) is 4.04. The topological polar surface area (TPSA) is 32.3 Å². The van der Waals surface area contributed by atoms with E-state index in [-0.39, 0.29) is 6.10 Å². The zero-order chi connectivity index (χ0) is 10.7. The highest BCUT2D eigenvalue weighted by atomic mass is 16.3. The molecule has 0 aromatic carbocycles. The highest BCUT2D eigenvalue weighted by molar-refractivity contribution is 4.85. The average molecular weight is 211 g/mol. The molecule has 2 heteroatoms. The van der Waals surface area contributed by atoms with Gasteiger partial charge in [0.25, 0.3) is 0 Å². The van der Waals surface area contributed by atoms with Crippen molar-refractivity contribution < 1.29 is 5.11 Å². The fourth-order valence-electron chi connectivity index (χ4n) is 3.37. The third kappa shape index (κ3) is 2.73. The third-order valence-corrected chi connectivity index (χ3v) is 4.57. The van der Waals surface area contributed by atoms with Crippen LogP contribution in [-0.2, 0) is 0 Å². The van der Waals surface area contributed by atoms with E-state index in [4.69, 9.17) is 0 Å². The number of hydrogen-bond acceptors (Lipinski definition) is 2. The summed E-state index contributed by atoms with van der Waals surface area (Å²) in [6.45, 7) is 4.35. The Morgan fingerprint density at radius 3 is 2.47 bits per heavy atom. The number of piperidine rings is 1.